The van der Waals surface area contributed by atoms with Crippen molar-refractivity contribution in [3.05, 3.63) is 29.8 Å². The summed E-state index contributed by atoms with van der Waals surface area (Å²) in [5.41, 5.74) is 6.78. The molecule has 1 aromatic rings. The summed E-state index contributed by atoms with van der Waals surface area (Å²) in [5, 5.41) is 2.91. The fraction of sp³-hybridized carbons (Fsp3) is 0.529. The van der Waals surface area contributed by atoms with Gasteiger partial charge in [-0.15, -0.1) is 0 Å². The van der Waals surface area contributed by atoms with Crippen molar-refractivity contribution < 1.29 is 9.59 Å². The van der Waals surface area contributed by atoms with Gasteiger partial charge in [0.15, 0.2) is 0 Å². The van der Waals surface area contributed by atoms with E-state index in [0.717, 1.165) is 23.6 Å². The summed E-state index contributed by atoms with van der Waals surface area (Å²) in [6, 6.07) is 7.27. The molecule has 1 fully saturated rings. The van der Waals surface area contributed by atoms with Gasteiger partial charge in [0.25, 0.3) is 0 Å². The van der Waals surface area contributed by atoms with Gasteiger partial charge in [0.1, 0.15) is 0 Å². The number of benzene rings is 1. The third-order valence-electron chi connectivity index (χ3n) is 4.12. The van der Waals surface area contributed by atoms with Crippen molar-refractivity contribution in [3.63, 3.8) is 0 Å². The van der Waals surface area contributed by atoms with Crippen molar-refractivity contribution in [1.82, 2.24) is 0 Å². The Labute approximate surface area is 126 Å². The second-order valence-electron chi connectivity index (χ2n) is 5.93. The van der Waals surface area contributed by atoms with Gasteiger partial charge in [-0.1, -0.05) is 44.2 Å². The van der Waals surface area contributed by atoms with Gasteiger partial charge < -0.3 is 11.1 Å². The Morgan fingerprint density at radius 2 is 1.76 bits per heavy atom. The Hall–Kier alpha value is -1.84. The van der Waals surface area contributed by atoms with E-state index < -0.39 is 0 Å². The average molecular weight is 288 g/mol. The van der Waals surface area contributed by atoms with E-state index in [9.17, 15) is 9.59 Å². The molecule has 21 heavy (non-hydrogen) atoms. The number of anilines is 1. The third kappa shape index (κ3) is 5.58. The Balaban J connectivity index is 1.75. The minimum absolute atomic E-state index is 0.0724. The fourth-order valence-corrected chi connectivity index (χ4v) is 2.94. The molecule has 114 valence electrons. The summed E-state index contributed by atoms with van der Waals surface area (Å²) in [6.45, 7) is 0. The maximum Gasteiger partial charge on any atom is 0.224 e. The van der Waals surface area contributed by atoms with Gasteiger partial charge in [0.2, 0.25) is 11.8 Å². The first kappa shape index (κ1) is 15.5. The van der Waals surface area contributed by atoms with Crippen LogP contribution in [0, 0.1) is 5.92 Å². The van der Waals surface area contributed by atoms with E-state index in [1.165, 1.54) is 32.1 Å². The van der Waals surface area contributed by atoms with Crippen molar-refractivity contribution in [1.29, 1.82) is 0 Å². The largest absolute Gasteiger partial charge is 0.369 e. The molecule has 0 saturated heterocycles. The van der Waals surface area contributed by atoms with Crippen LogP contribution >= 0.6 is 0 Å². The van der Waals surface area contributed by atoms with Crippen LogP contribution in [0.3, 0.4) is 0 Å². The Kier molecular flexibility index (Phi) is 5.78. The summed E-state index contributed by atoms with van der Waals surface area (Å²) >= 11 is 0. The molecule has 0 heterocycles. The minimum Gasteiger partial charge on any atom is -0.369 e. The molecule has 1 aromatic carbocycles. The Morgan fingerprint density at radius 1 is 1.10 bits per heavy atom. The molecule has 0 atom stereocenters. The zero-order valence-electron chi connectivity index (χ0n) is 12.4. The summed E-state index contributed by atoms with van der Waals surface area (Å²) in [7, 11) is 0. The zero-order valence-corrected chi connectivity index (χ0v) is 12.4. The lowest BCUT2D eigenvalue weighted by Crippen LogP contribution is -2.15. The molecule has 0 spiro atoms. The van der Waals surface area contributed by atoms with Crippen molar-refractivity contribution in [2.24, 2.45) is 11.7 Å². The molecule has 3 N–H and O–H groups in total. The molecule has 2 rings (SSSR count). The highest BCUT2D eigenvalue weighted by atomic mass is 16.1. The van der Waals surface area contributed by atoms with Crippen LogP contribution in [0.1, 0.15) is 50.5 Å². The van der Waals surface area contributed by atoms with E-state index in [-0.39, 0.29) is 18.2 Å². The smallest absolute Gasteiger partial charge is 0.224 e. The first-order valence-electron chi connectivity index (χ1n) is 7.80. The molecule has 0 unspecified atom stereocenters. The molecule has 0 radical (unpaired) electrons. The number of hydrogen-bond donors (Lipinski definition) is 2. The maximum atomic E-state index is 11.9. The van der Waals surface area contributed by atoms with Crippen LogP contribution in [0.5, 0.6) is 0 Å². The molecule has 0 bridgehead atoms. The predicted octanol–water partition coefficient (Wildman–Crippen LogP) is 3.01. The molecule has 4 heteroatoms. The van der Waals surface area contributed by atoms with E-state index in [1.54, 1.807) is 0 Å². The number of nitrogens with two attached hydrogens (primary N) is 1. The van der Waals surface area contributed by atoms with Gasteiger partial charge in [-0.25, -0.2) is 0 Å². The van der Waals surface area contributed by atoms with Gasteiger partial charge >= 0.3 is 0 Å². The first-order chi connectivity index (χ1) is 10.1. The topological polar surface area (TPSA) is 72.2 Å². The quantitative estimate of drug-likeness (QED) is 0.844. The average Bonchev–Trinajstić information content (AvgIpc) is 2.48. The molecule has 2 amide bonds. The molecule has 1 aliphatic rings. The highest BCUT2D eigenvalue weighted by Crippen LogP contribution is 2.27. The van der Waals surface area contributed by atoms with Crippen LogP contribution in [0.2, 0.25) is 0 Å². The molecule has 1 saturated carbocycles. The Morgan fingerprint density at radius 3 is 2.38 bits per heavy atom. The summed E-state index contributed by atoms with van der Waals surface area (Å²) in [6.07, 6.45) is 8.33. The van der Waals surface area contributed by atoms with Crippen LogP contribution in [-0.4, -0.2) is 11.8 Å². The van der Waals surface area contributed by atoms with Gasteiger partial charge in [0, 0.05) is 12.1 Å². The third-order valence-corrected chi connectivity index (χ3v) is 4.12. The van der Waals surface area contributed by atoms with E-state index in [1.807, 2.05) is 24.3 Å². The van der Waals surface area contributed by atoms with Crippen LogP contribution in [0.15, 0.2) is 24.3 Å². The Bertz CT molecular complexity index is 476. The first-order valence-corrected chi connectivity index (χ1v) is 7.80. The van der Waals surface area contributed by atoms with Crippen molar-refractivity contribution in [3.8, 4) is 0 Å². The second kappa shape index (κ2) is 7.81. The lowest BCUT2D eigenvalue weighted by molar-refractivity contribution is -0.117. The van der Waals surface area contributed by atoms with E-state index in [0.29, 0.717) is 6.42 Å². The van der Waals surface area contributed by atoms with Crippen LogP contribution in [0.25, 0.3) is 0 Å². The van der Waals surface area contributed by atoms with E-state index in [2.05, 4.69) is 5.32 Å². The van der Waals surface area contributed by atoms with Crippen molar-refractivity contribution in [2.75, 3.05) is 5.32 Å². The van der Waals surface area contributed by atoms with E-state index >= 15 is 0 Å². The molecular weight excluding hydrogens is 264 g/mol. The number of hydrogen-bond acceptors (Lipinski definition) is 2. The van der Waals surface area contributed by atoms with Crippen molar-refractivity contribution >= 4 is 17.5 Å². The normalized spacial score (nSPS) is 15.6. The molecule has 4 nitrogen and oxygen atoms in total. The molecule has 0 aliphatic heterocycles. The van der Waals surface area contributed by atoms with Gasteiger partial charge in [0.05, 0.1) is 6.42 Å². The lowest BCUT2D eigenvalue weighted by Gasteiger charge is -2.21. The SMILES string of the molecule is NC(=O)Cc1ccc(NC(=O)CCC2CCCCC2)cc1. The number of carbonyl (C=O) groups excluding carboxylic acids is 2. The van der Waals surface area contributed by atoms with Crippen LogP contribution in [-0.2, 0) is 16.0 Å². The zero-order chi connectivity index (χ0) is 15.1. The summed E-state index contributed by atoms with van der Waals surface area (Å²) in [4.78, 5) is 22.8. The molecular formula is C17H24N2O2. The second-order valence-corrected chi connectivity index (χ2v) is 5.93. The standard InChI is InChI=1S/C17H24N2O2/c18-16(20)12-14-6-9-15(10-7-14)19-17(21)11-8-13-4-2-1-3-5-13/h6-7,9-10,13H,1-5,8,11-12H2,(H2,18,20)(H,19,21). The van der Waals surface area contributed by atoms with Crippen LogP contribution in [0.4, 0.5) is 5.69 Å². The number of nitrogens with one attached hydrogen (secondary N) is 1. The minimum atomic E-state index is -0.348. The van der Waals surface area contributed by atoms with E-state index in [4.69, 9.17) is 5.73 Å². The number of carbonyl (C=O) groups is 2. The number of primary amides is 1. The molecule has 0 aromatic heterocycles. The number of rotatable bonds is 6. The lowest BCUT2D eigenvalue weighted by atomic mass is 9.86. The predicted molar refractivity (Wildman–Crippen MR) is 83.8 cm³/mol. The van der Waals surface area contributed by atoms with Gasteiger partial charge in [-0.05, 0) is 30.0 Å². The number of amides is 2. The van der Waals surface area contributed by atoms with Gasteiger partial charge in [-0.2, -0.15) is 0 Å². The highest BCUT2D eigenvalue weighted by molar-refractivity contribution is 5.90. The van der Waals surface area contributed by atoms with Gasteiger partial charge in [-0.3, -0.25) is 9.59 Å². The molecule has 1 aliphatic carbocycles. The summed E-state index contributed by atoms with van der Waals surface area (Å²) in [5.74, 6) is 0.449. The maximum absolute atomic E-state index is 11.9. The monoisotopic (exact) mass is 288 g/mol. The highest BCUT2D eigenvalue weighted by Gasteiger charge is 2.14. The summed E-state index contributed by atoms with van der Waals surface area (Å²) < 4.78 is 0. The van der Waals surface area contributed by atoms with Crippen molar-refractivity contribution in [2.45, 2.75) is 51.4 Å². The fourth-order valence-electron chi connectivity index (χ4n) is 2.94. The van der Waals surface area contributed by atoms with Crippen LogP contribution < -0.4 is 11.1 Å².